The van der Waals surface area contributed by atoms with Crippen LogP contribution in [-0.2, 0) is 21.5 Å². The van der Waals surface area contributed by atoms with Gasteiger partial charge in [0, 0.05) is 31.1 Å². The summed E-state index contributed by atoms with van der Waals surface area (Å²) >= 11 is 6.42. The van der Waals surface area contributed by atoms with Crippen molar-refractivity contribution in [3.05, 3.63) is 69.7 Å². The lowest BCUT2D eigenvalue weighted by Gasteiger charge is -2.40. The van der Waals surface area contributed by atoms with E-state index in [1.54, 1.807) is 18.2 Å². The summed E-state index contributed by atoms with van der Waals surface area (Å²) < 4.78 is 11.0. The molecule has 2 aromatic carbocycles. The first kappa shape index (κ1) is 23.6. The number of hydrogen-bond donors (Lipinski definition) is 5. The molecule has 0 saturated carbocycles. The summed E-state index contributed by atoms with van der Waals surface area (Å²) in [6.45, 7) is 0.601. The fourth-order valence-electron chi connectivity index (χ4n) is 4.43. The molecular weight excluding hydrogens is 436 g/mol. The number of rotatable bonds is 5. The molecule has 2 heterocycles. The number of hydrogen-bond acceptors (Lipinski definition) is 7. The minimum Gasteiger partial charge on any atom is -0.394 e. The van der Waals surface area contributed by atoms with E-state index in [0.717, 1.165) is 16.7 Å². The Balaban J connectivity index is 1.53. The average Bonchev–Trinajstić information content (AvgIpc) is 2.80. The largest absolute Gasteiger partial charge is 0.394 e. The van der Waals surface area contributed by atoms with Crippen molar-refractivity contribution in [1.82, 2.24) is 0 Å². The predicted octanol–water partition coefficient (Wildman–Crippen LogP) is 1.44. The minimum atomic E-state index is -1.44. The zero-order valence-electron chi connectivity index (χ0n) is 17.6. The van der Waals surface area contributed by atoms with Crippen molar-refractivity contribution >= 4 is 11.6 Å². The van der Waals surface area contributed by atoms with Crippen molar-refractivity contribution in [2.24, 2.45) is 0 Å². The smallest absolute Gasteiger partial charge is 0.113 e. The molecule has 2 saturated heterocycles. The first-order valence-electron chi connectivity index (χ1n) is 10.8. The van der Waals surface area contributed by atoms with Gasteiger partial charge in [-0.2, -0.15) is 0 Å². The van der Waals surface area contributed by atoms with Gasteiger partial charge in [-0.3, -0.25) is 0 Å². The van der Waals surface area contributed by atoms with E-state index >= 15 is 0 Å². The number of halogens is 1. The Labute approximate surface area is 191 Å². The number of aliphatic hydroxyl groups is 5. The number of aliphatic hydroxyl groups excluding tert-OH is 4. The van der Waals surface area contributed by atoms with Gasteiger partial charge in [-0.15, -0.1) is 0 Å². The highest BCUT2D eigenvalue weighted by molar-refractivity contribution is 6.31. The molecule has 0 aliphatic carbocycles. The third-order valence-electron chi connectivity index (χ3n) is 6.50. The van der Waals surface area contributed by atoms with Crippen molar-refractivity contribution in [1.29, 1.82) is 0 Å². The molecule has 2 aliphatic heterocycles. The van der Waals surface area contributed by atoms with E-state index in [4.69, 9.17) is 21.1 Å². The van der Waals surface area contributed by atoms with Crippen LogP contribution >= 0.6 is 11.6 Å². The van der Waals surface area contributed by atoms with Gasteiger partial charge in [0.1, 0.15) is 30.5 Å². The van der Waals surface area contributed by atoms with Crippen molar-refractivity contribution in [3.63, 3.8) is 0 Å². The fraction of sp³-hybridized carbons (Fsp3) is 0.500. The Bertz CT molecular complexity index is 911. The maximum Gasteiger partial charge on any atom is 0.113 e. The fourth-order valence-corrected chi connectivity index (χ4v) is 4.62. The molecule has 5 atom stereocenters. The summed E-state index contributed by atoms with van der Waals surface area (Å²) in [4.78, 5) is 0. The standard InChI is InChI=1S/C24H29ClO7/c25-18-6-3-15(23-22(29)21(28)20(27)19(13-26)32-23)12-16(18)11-14-1-4-17(5-2-14)24(30)7-9-31-10-8-24/h1-6,12,19-23,26-30H,7-11,13H2/t19-,20-,21+,22-,23+/m1/s1. The molecule has 2 aromatic rings. The Hall–Kier alpha value is -1.55. The van der Waals surface area contributed by atoms with Crippen molar-refractivity contribution in [2.75, 3.05) is 19.8 Å². The van der Waals surface area contributed by atoms with Crippen molar-refractivity contribution in [3.8, 4) is 0 Å². The molecule has 0 radical (unpaired) electrons. The van der Waals surface area contributed by atoms with Gasteiger partial charge in [0.2, 0.25) is 0 Å². The van der Waals surface area contributed by atoms with Gasteiger partial charge >= 0.3 is 0 Å². The maximum absolute atomic E-state index is 10.9. The molecule has 2 aliphatic rings. The summed E-state index contributed by atoms with van der Waals surface area (Å²) in [5.41, 5.74) is 2.40. The van der Waals surface area contributed by atoms with Crippen LogP contribution in [0, 0.1) is 0 Å². The summed E-state index contributed by atoms with van der Waals surface area (Å²) in [5, 5.41) is 51.4. The van der Waals surface area contributed by atoms with E-state index in [2.05, 4.69) is 0 Å². The maximum atomic E-state index is 10.9. The zero-order chi connectivity index (χ0) is 22.9. The second kappa shape index (κ2) is 9.75. The van der Waals surface area contributed by atoms with E-state index in [1.165, 1.54) is 0 Å². The SMILES string of the molecule is OC[C@H]1O[C@@H](c2ccc(Cl)c(Cc3ccc(C4(O)CCOCC4)cc3)c2)[C@H](O)[C@@H](O)[C@@H]1O. The van der Waals surface area contributed by atoms with Crippen LogP contribution in [0.5, 0.6) is 0 Å². The third kappa shape index (κ3) is 4.71. The molecule has 7 nitrogen and oxygen atoms in total. The Morgan fingerprint density at radius 3 is 2.28 bits per heavy atom. The molecular formula is C24H29ClO7. The van der Waals surface area contributed by atoms with Gasteiger partial charge in [-0.25, -0.2) is 0 Å². The van der Waals surface area contributed by atoms with E-state index < -0.39 is 42.7 Å². The molecule has 8 heteroatoms. The molecule has 32 heavy (non-hydrogen) atoms. The second-order valence-corrected chi connectivity index (χ2v) is 9.03. The van der Waals surface area contributed by atoms with Crippen LogP contribution in [0.4, 0.5) is 0 Å². The van der Waals surface area contributed by atoms with Gasteiger partial charge in [0.05, 0.1) is 12.2 Å². The first-order chi connectivity index (χ1) is 15.3. The molecule has 0 aromatic heterocycles. The van der Waals surface area contributed by atoms with Crippen LogP contribution in [0.3, 0.4) is 0 Å². The quantitative estimate of drug-likeness (QED) is 0.454. The van der Waals surface area contributed by atoms with Crippen molar-refractivity contribution in [2.45, 2.75) is 55.4 Å². The Morgan fingerprint density at radius 1 is 0.938 bits per heavy atom. The second-order valence-electron chi connectivity index (χ2n) is 8.62. The number of benzene rings is 2. The summed E-state index contributed by atoms with van der Waals surface area (Å²) in [5.74, 6) is 0. The molecule has 0 spiro atoms. The molecule has 0 bridgehead atoms. The van der Waals surface area contributed by atoms with Gasteiger partial charge in [-0.05, 0) is 34.7 Å². The van der Waals surface area contributed by atoms with Crippen LogP contribution in [-0.4, -0.2) is 69.8 Å². The Kier molecular flexibility index (Phi) is 7.19. The zero-order valence-corrected chi connectivity index (χ0v) is 18.4. The average molecular weight is 465 g/mol. The van der Waals surface area contributed by atoms with Gasteiger partial charge in [0.15, 0.2) is 0 Å². The van der Waals surface area contributed by atoms with Crippen LogP contribution in [0.2, 0.25) is 5.02 Å². The van der Waals surface area contributed by atoms with E-state index in [0.29, 0.717) is 43.1 Å². The normalized spacial score (nSPS) is 30.2. The first-order valence-corrected chi connectivity index (χ1v) is 11.2. The molecule has 174 valence electrons. The van der Waals surface area contributed by atoms with Crippen LogP contribution < -0.4 is 0 Å². The summed E-state index contributed by atoms with van der Waals surface area (Å²) in [6, 6.07) is 13.0. The van der Waals surface area contributed by atoms with Crippen LogP contribution in [0.15, 0.2) is 42.5 Å². The molecule has 0 amide bonds. The van der Waals surface area contributed by atoms with Crippen LogP contribution in [0.25, 0.3) is 0 Å². The third-order valence-corrected chi connectivity index (χ3v) is 6.87. The van der Waals surface area contributed by atoms with Crippen LogP contribution in [0.1, 0.15) is 41.2 Å². The number of ether oxygens (including phenoxy) is 2. The van der Waals surface area contributed by atoms with Crippen molar-refractivity contribution < 1.29 is 35.0 Å². The molecule has 0 unspecified atom stereocenters. The Morgan fingerprint density at radius 2 is 1.62 bits per heavy atom. The molecule has 4 rings (SSSR count). The molecule has 5 N–H and O–H groups in total. The van der Waals surface area contributed by atoms with E-state index in [1.807, 2.05) is 24.3 Å². The highest BCUT2D eigenvalue weighted by atomic mass is 35.5. The highest BCUT2D eigenvalue weighted by Crippen LogP contribution is 2.35. The summed E-state index contributed by atoms with van der Waals surface area (Å²) in [7, 11) is 0. The van der Waals surface area contributed by atoms with E-state index in [-0.39, 0.29) is 0 Å². The van der Waals surface area contributed by atoms with Gasteiger partial charge < -0.3 is 35.0 Å². The monoisotopic (exact) mass is 464 g/mol. The molecule has 2 fully saturated rings. The lowest BCUT2D eigenvalue weighted by molar-refractivity contribution is -0.231. The highest BCUT2D eigenvalue weighted by Gasteiger charge is 2.44. The lowest BCUT2D eigenvalue weighted by Crippen LogP contribution is -2.55. The topological polar surface area (TPSA) is 120 Å². The van der Waals surface area contributed by atoms with E-state index in [9.17, 15) is 25.5 Å². The summed E-state index contributed by atoms with van der Waals surface area (Å²) in [6.07, 6.45) is -4.41. The minimum absolute atomic E-state index is 0.479. The van der Waals surface area contributed by atoms with Gasteiger partial charge in [0.25, 0.3) is 0 Å². The predicted molar refractivity (Wildman–Crippen MR) is 117 cm³/mol. The van der Waals surface area contributed by atoms with Gasteiger partial charge in [-0.1, -0.05) is 48.0 Å². The lowest BCUT2D eigenvalue weighted by atomic mass is 9.85.